The van der Waals surface area contributed by atoms with Gasteiger partial charge in [-0.1, -0.05) is 0 Å². The summed E-state index contributed by atoms with van der Waals surface area (Å²) in [7, 11) is 0. The van der Waals surface area contributed by atoms with Crippen LogP contribution in [-0.4, -0.2) is 17.3 Å². The van der Waals surface area contributed by atoms with Gasteiger partial charge < -0.3 is 5.21 Å². The van der Waals surface area contributed by atoms with Crippen LogP contribution in [0.25, 0.3) is 0 Å². The Morgan fingerprint density at radius 2 is 2.43 bits per heavy atom. The Kier molecular flexibility index (Phi) is 1.02. The van der Waals surface area contributed by atoms with E-state index in [0.717, 1.165) is 0 Å². The van der Waals surface area contributed by atoms with E-state index in [-0.39, 0.29) is 0 Å². The van der Waals surface area contributed by atoms with Crippen molar-refractivity contribution in [1.82, 2.24) is 0 Å². The van der Waals surface area contributed by atoms with Gasteiger partial charge in [0.25, 0.3) is 0 Å². The van der Waals surface area contributed by atoms with Gasteiger partial charge in [-0.3, -0.25) is 0 Å². The molecule has 1 rings (SSSR count). The van der Waals surface area contributed by atoms with E-state index < -0.39 is 4.16 Å². The third-order valence-electron chi connectivity index (χ3n) is 0.694. The second-order valence-electron chi connectivity index (χ2n) is 1.34. The van der Waals surface area contributed by atoms with E-state index in [1.807, 2.05) is 0 Å². The van der Waals surface area contributed by atoms with Crippen LogP contribution in [0.1, 0.15) is 0 Å². The number of nitrogens with zero attached hydrogens (tertiary/aromatic N) is 3. The summed E-state index contributed by atoms with van der Waals surface area (Å²) in [5.74, 6) is 0. The van der Waals surface area contributed by atoms with Crippen molar-refractivity contribution in [2.45, 2.75) is 0 Å². The molecule has 0 bridgehead atoms. The van der Waals surface area contributed by atoms with Crippen molar-refractivity contribution in [3.05, 3.63) is 5.21 Å². The maximum Gasteiger partial charge on any atom is 0.137 e. The van der Waals surface area contributed by atoms with E-state index in [0.29, 0.717) is 13.1 Å². The summed E-state index contributed by atoms with van der Waals surface area (Å²) >= 11 is 3.57. The van der Waals surface area contributed by atoms with Gasteiger partial charge in [-0.25, -0.2) is 0 Å². The Bertz CT molecular complexity index is 101. The predicted molar refractivity (Wildman–Crippen MR) is 27.2 cm³/mol. The van der Waals surface area contributed by atoms with Gasteiger partial charge in [0.15, 0.2) is 0 Å². The van der Waals surface area contributed by atoms with Gasteiger partial charge in [-0.05, 0) is 0 Å². The molecule has 0 aromatic heterocycles. The molecule has 40 valence electrons. The summed E-state index contributed by atoms with van der Waals surface area (Å²) in [6, 6.07) is 0. The summed E-state index contributed by atoms with van der Waals surface area (Å²) in [4.78, 5) is 0. The fourth-order valence-electron chi connectivity index (χ4n) is 0.363. The summed E-state index contributed by atoms with van der Waals surface area (Å²) in [6.07, 6.45) is 0. The predicted octanol–water partition coefficient (Wildman–Crippen LogP) is 0.527. The minimum atomic E-state index is -0.847. The average Bonchev–Trinajstić information content (AvgIpc) is 1.84. The fourth-order valence-corrected chi connectivity index (χ4v) is 0.509. The zero-order chi connectivity index (χ0) is 5.33. The zero-order valence-corrected chi connectivity index (χ0v) is 4.51. The summed E-state index contributed by atoms with van der Waals surface area (Å²) < 4.78 is -0.847. The van der Waals surface area contributed by atoms with Crippen LogP contribution < -0.4 is 0 Å². The lowest BCUT2D eigenvalue weighted by Gasteiger charge is -2.19. The fraction of sp³-hybridized carbons (Fsp3) is 1.00. The monoisotopic (exact) mass is 119 g/mol. The smallest absolute Gasteiger partial charge is 0.137 e. The van der Waals surface area contributed by atoms with Gasteiger partial charge in [0, 0.05) is 5.22 Å². The third-order valence-corrected chi connectivity index (χ3v) is 0.974. The third kappa shape index (κ3) is 1.12. The standard InChI is InChI=1S/C2H5N3OS/c6-5(7)2-1-3-4-5/h7H,1-2H2. The van der Waals surface area contributed by atoms with Crippen molar-refractivity contribution < 1.29 is 4.16 Å². The molecule has 0 amide bonds. The van der Waals surface area contributed by atoms with Gasteiger partial charge >= 0.3 is 0 Å². The van der Waals surface area contributed by atoms with E-state index >= 15 is 0 Å². The number of thiol groups is 1. The van der Waals surface area contributed by atoms with Crippen LogP contribution in [0.4, 0.5) is 0 Å². The van der Waals surface area contributed by atoms with E-state index in [4.69, 9.17) is 0 Å². The van der Waals surface area contributed by atoms with Crippen LogP contribution in [0.2, 0.25) is 0 Å². The molecule has 0 aromatic rings. The first-order valence-electron chi connectivity index (χ1n) is 1.92. The van der Waals surface area contributed by atoms with Crippen molar-refractivity contribution >= 4 is 12.8 Å². The molecule has 1 aliphatic rings. The summed E-state index contributed by atoms with van der Waals surface area (Å²) in [5, 5.41) is 17.1. The Morgan fingerprint density at radius 3 is 2.57 bits per heavy atom. The van der Waals surface area contributed by atoms with Crippen molar-refractivity contribution in [2.24, 2.45) is 10.3 Å². The molecule has 1 atom stereocenters. The number of hydrogen-bond donors (Lipinski definition) is 1. The topological polar surface area (TPSA) is 47.8 Å². The molecule has 1 unspecified atom stereocenters. The molecule has 0 aliphatic carbocycles. The van der Waals surface area contributed by atoms with Crippen LogP contribution in [0.5, 0.6) is 0 Å². The SMILES string of the molecule is [O-][N+]1(S)CCN=N1. The van der Waals surface area contributed by atoms with Crippen LogP contribution >= 0.6 is 12.8 Å². The molecule has 1 heterocycles. The van der Waals surface area contributed by atoms with Gasteiger partial charge in [0.05, 0.1) is 12.8 Å². The maximum absolute atomic E-state index is 10.4. The van der Waals surface area contributed by atoms with Crippen molar-refractivity contribution in [1.29, 1.82) is 0 Å². The van der Waals surface area contributed by atoms with E-state index in [2.05, 4.69) is 23.2 Å². The highest BCUT2D eigenvalue weighted by atomic mass is 32.1. The number of quaternary nitrogens is 1. The van der Waals surface area contributed by atoms with Gasteiger partial charge in [-0.2, -0.15) is 4.16 Å². The van der Waals surface area contributed by atoms with E-state index in [1.54, 1.807) is 0 Å². The van der Waals surface area contributed by atoms with Crippen LogP contribution in [0, 0.1) is 5.21 Å². The molecule has 0 fully saturated rings. The molecule has 5 heteroatoms. The van der Waals surface area contributed by atoms with Crippen LogP contribution in [0.3, 0.4) is 0 Å². The molecule has 0 saturated heterocycles. The number of hydrogen-bond acceptors (Lipinski definition) is 4. The average molecular weight is 119 g/mol. The first kappa shape index (κ1) is 5.02. The van der Waals surface area contributed by atoms with E-state index in [9.17, 15) is 5.21 Å². The minimum absolute atomic E-state index is 0.364. The minimum Gasteiger partial charge on any atom is -0.591 e. The Hall–Kier alpha value is -0.130. The quantitative estimate of drug-likeness (QED) is 0.282. The van der Waals surface area contributed by atoms with Crippen LogP contribution in [0.15, 0.2) is 10.3 Å². The highest BCUT2D eigenvalue weighted by molar-refractivity contribution is 7.74. The number of rotatable bonds is 0. The second-order valence-corrected chi connectivity index (χ2v) is 1.97. The van der Waals surface area contributed by atoms with Gasteiger partial charge in [0.2, 0.25) is 0 Å². The van der Waals surface area contributed by atoms with E-state index in [1.165, 1.54) is 0 Å². The first-order valence-corrected chi connectivity index (χ1v) is 2.32. The Labute approximate surface area is 46.5 Å². The zero-order valence-electron chi connectivity index (χ0n) is 3.61. The molecular weight excluding hydrogens is 114 g/mol. The normalized spacial score (nSPS) is 39.7. The molecule has 0 N–H and O–H groups in total. The second kappa shape index (κ2) is 1.43. The maximum atomic E-state index is 10.4. The van der Waals surface area contributed by atoms with Crippen LogP contribution in [-0.2, 0) is 0 Å². The van der Waals surface area contributed by atoms with Gasteiger partial charge in [0.1, 0.15) is 13.1 Å². The highest BCUT2D eigenvalue weighted by Crippen LogP contribution is 2.14. The molecule has 0 spiro atoms. The number of hydroxylamine groups is 1. The highest BCUT2D eigenvalue weighted by Gasteiger charge is 2.15. The molecule has 0 radical (unpaired) electrons. The lowest BCUT2D eigenvalue weighted by Crippen LogP contribution is -2.21. The molecule has 7 heavy (non-hydrogen) atoms. The first-order chi connectivity index (χ1) is 3.21. The largest absolute Gasteiger partial charge is 0.591 e. The molecule has 0 aromatic carbocycles. The Balaban J connectivity index is 2.57. The van der Waals surface area contributed by atoms with Gasteiger partial charge in [-0.15, -0.1) is 5.11 Å². The summed E-state index contributed by atoms with van der Waals surface area (Å²) in [5.41, 5.74) is 0. The lowest BCUT2D eigenvalue weighted by molar-refractivity contribution is -0.737. The molecular formula is C2H5N3OS. The molecule has 4 nitrogen and oxygen atoms in total. The Morgan fingerprint density at radius 1 is 1.71 bits per heavy atom. The van der Waals surface area contributed by atoms with Crippen molar-refractivity contribution in [3.8, 4) is 0 Å². The lowest BCUT2D eigenvalue weighted by atomic mass is 10.7. The van der Waals surface area contributed by atoms with Crippen molar-refractivity contribution in [3.63, 3.8) is 0 Å². The molecule has 0 saturated carbocycles. The molecule has 1 aliphatic heterocycles. The van der Waals surface area contributed by atoms with Crippen molar-refractivity contribution in [2.75, 3.05) is 13.1 Å². The summed E-state index contributed by atoms with van der Waals surface area (Å²) in [6.45, 7) is 0.871.